The Morgan fingerprint density at radius 2 is 2.50 bits per heavy atom. The van der Waals surface area contributed by atoms with Crippen LogP contribution in [0.15, 0.2) is 6.20 Å². The van der Waals surface area contributed by atoms with Gasteiger partial charge >= 0.3 is 5.97 Å². The summed E-state index contributed by atoms with van der Waals surface area (Å²) in [5.74, 6) is -0.385. The van der Waals surface area contributed by atoms with Gasteiger partial charge in [-0.3, -0.25) is 5.10 Å². The first-order valence-electron chi connectivity index (χ1n) is 6.25. The third-order valence-corrected chi connectivity index (χ3v) is 3.59. The molecule has 6 heteroatoms. The second kappa shape index (κ2) is 5.49. The number of carboxylic acids is 1. The number of carboxylic acid groups (broad SMARTS) is 1. The van der Waals surface area contributed by atoms with E-state index in [0.29, 0.717) is 24.1 Å². The molecule has 2 atom stereocenters. The molecule has 0 bridgehead atoms. The van der Waals surface area contributed by atoms with Crippen LogP contribution in [0.5, 0.6) is 0 Å². The minimum absolute atomic E-state index is 0.183. The number of aromatic amines is 1. The number of piperidine rings is 1. The van der Waals surface area contributed by atoms with Crippen LogP contribution in [0.3, 0.4) is 0 Å². The Bertz CT molecular complexity index is 418. The molecule has 100 valence electrons. The fraction of sp³-hybridized carbons (Fsp3) is 0.667. The van der Waals surface area contributed by atoms with E-state index >= 15 is 0 Å². The predicted molar refractivity (Wildman–Crippen MR) is 67.5 cm³/mol. The summed E-state index contributed by atoms with van der Waals surface area (Å²) in [6.45, 7) is 4.94. The topological polar surface area (TPSA) is 81.2 Å². The Hall–Kier alpha value is -1.40. The van der Waals surface area contributed by atoms with Gasteiger partial charge in [0.05, 0.1) is 6.20 Å². The highest BCUT2D eigenvalue weighted by atomic mass is 16.4. The summed E-state index contributed by atoms with van der Waals surface area (Å²) in [7, 11) is 2.13. The monoisotopic (exact) mass is 252 g/mol. The molecule has 6 nitrogen and oxygen atoms in total. The molecule has 1 fully saturated rings. The Morgan fingerprint density at radius 1 is 1.72 bits per heavy atom. The third kappa shape index (κ3) is 2.88. The number of H-pyrrole nitrogens is 1. The van der Waals surface area contributed by atoms with E-state index in [1.165, 1.54) is 0 Å². The molecule has 0 spiro atoms. The Balaban J connectivity index is 1.91. The molecule has 1 aliphatic heterocycles. The zero-order valence-electron chi connectivity index (χ0n) is 10.8. The molecule has 2 heterocycles. The Labute approximate surface area is 106 Å². The number of aromatic nitrogens is 2. The minimum atomic E-state index is -0.958. The number of likely N-dealkylation sites (tertiary alicyclic amines) is 1. The van der Waals surface area contributed by atoms with Crippen LogP contribution in [0.4, 0.5) is 0 Å². The Kier molecular flexibility index (Phi) is 3.98. The molecule has 1 aromatic rings. The fourth-order valence-electron chi connectivity index (χ4n) is 2.53. The van der Waals surface area contributed by atoms with Crippen LogP contribution in [0.2, 0.25) is 0 Å². The van der Waals surface area contributed by atoms with Gasteiger partial charge in [0.1, 0.15) is 5.69 Å². The molecule has 0 aliphatic carbocycles. The highest BCUT2D eigenvalue weighted by Gasteiger charge is 2.24. The molecule has 0 saturated carbocycles. The van der Waals surface area contributed by atoms with E-state index in [2.05, 4.69) is 34.4 Å². The van der Waals surface area contributed by atoms with Gasteiger partial charge in [0.25, 0.3) is 0 Å². The number of rotatable bonds is 4. The second-order valence-corrected chi connectivity index (χ2v) is 5.09. The summed E-state index contributed by atoms with van der Waals surface area (Å²) >= 11 is 0. The molecular weight excluding hydrogens is 232 g/mol. The summed E-state index contributed by atoms with van der Waals surface area (Å²) in [4.78, 5) is 13.3. The lowest BCUT2D eigenvalue weighted by Crippen LogP contribution is -2.46. The summed E-state index contributed by atoms with van der Waals surface area (Å²) in [5.41, 5.74) is 0.900. The lowest BCUT2D eigenvalue weighted by atomic mass is 9.94. The van der Waals surface area contributed by atoms with Crippen molar-refractivity contribution in [2.75, 3.05) is 20.1 Å². The van der Waals surface area contributed by atoms with E-state index in [9.17, 15) is 4.79 Å². The SMILES string of the molecule is CC1CN(C)CCC1NCc1cn[nH]c1C(=O)O. The summed E-state index contributed by atoms with van der Waals surface area (Å²) < 4.78 is 0. The molecule has 0 amide bonds. The van der Waals surface area contributed by atoms with E-state index in [4.69, 9.17) is 5.11 Å². The van der Waals surface area contributed by atoms with Gasteiger partial charge in [-0.1, -0.05) is 6.92 Å². The lowest BCUT2D eigenvalue weighted by molar-refractivity contribution is 0.0689. The van der Waals surface area contributed by atoms with Gasteiger partial charge in [0, 0.05) is 24.7 Å². The first-order valence-corrected chi connectivity index (χ1v) is 6.25. The molecule has 3 N–H and O–H groups in total. The summed E-state index contributed by atoms with van der Waals surface area (Å²) in [6.07, 6.45) is 2.67. The molecule has 1 aliphatic rings. The number of aromatic carboxylic acids is 1. The van der Waals surface area contributed by atoms with Crippen LogP contribution in [-0.4, -0.2) is 52.4 Å². The maximum absolute atomic E-state index is 10.9. The molecule has 2 rings (SSSR count). The van der Waals surface area contributed by atoms with Crippen molar-refractivity contribution in [2.45, 2.75) is 25.9 Å². The van der Waals surface area contributed by atoms with E-state index in [-0.39, 0.29) is 5.69 Å². The van der Waals surface area contributed by atoms with Gasteiger partial charge in [-0.2, -0.15) is 5.10 Å². The number of hydrogen-bond donors (Lipinski definition) is 3. The molecule has 18 heavy (non-hydrogen) atoms. The predicted octanol–water partition coefficient (Wildman–Crippen LogP) is 0.538. The van der Waals surface area contributed by atoms with Gasteiger partial charge in [-0.15, -0.1) is 0 Å². The number of nitrogens with one attached hydrogen (secondary N) is 2. The van der Waals surface area contributed by atoms with E-state index < -0.39 is 5.97 Å². The van der Waals surface area contributed by atoms with Crippen LogP contribution in [0, 0.1) is 5.92 Å². The molecule has 0 aromatic carbocycles. The average molecular weight is 252 g/mol. The smallest absolute Gasteiger partial charge is 0.354 e. The van der Waals surface area contributed by atoms with E-state index in [1.54, 1.807) is 6.20 Å². The van der Waals surface area contributed by atoms with Crippen molar-refractivity contribution in [2.24, 2.45) is 5.92 Å². The summed E-state index contributed by atoms with van der Waals surface area (Å²) in [6, 6.07) is 0.442. The lowest BCUT2D eigenvalue weighted by Gasteiger charge is -2.35. The van der Waals surface area contributed by atoms with Crippen molar-refractivity contribution in [1.29, 1.82) is 0 Å². The molecule has 1 saturated heterocycles. The van der Waals surface area contributed by atoms with Crippen molar-refractivity contribution in [3.8, 4) is 0 Å². The van der Waals surface area contributed by atoms with Gasteiger partial charge in [-0.25, -0.2) is 4.79 Å². The number of hydrogen-bond acceptors (Lipinski definition) is 4. The van der Waals surface area contributed by atoms with Gasteiger partial charge in [-0.05, 0) is 25.9 Å². The minimum Gasteiger partial charge on any atom is -0.477 e. The van der Waals surface area contributed by atoms with Crippen molar-refractivity contribution < 1.29 is 9.90 Å². The molecule has 0 radical (unpaired) electrons. The van der Waals surface area contributed by atoms with Crippen molar-refractivity contribution >= 4 is 5.97 Å². The quantitative estimate of drug-likeness (QED) is 0.728. The zero-order valence-corrected chi connectivity index (χ0v) is 10.8. The molecular formula is C12H20N4O2. The second-order valence-electron chi connectivity index (χ2n) is 5.09. The third-order valence-electron chi connectivity index (χ3n) is 3.59. The van der Waals surface area contributed by atoms with E-state index in [0.717, 1.165) is 19.5 Å². The van der Waals surface area contributed by atoms with Gasteiger partial charge in [0.2, 0.25) is 0 Å². The van der Waals surface area contributed by atoms with Crippen LogP contribution < -0.4 is 5.32 Å². The van der Waals surface area contributed by atoms with Crippen LogP contribution in [-0.2, 0) is 6.54 Å². The van der Waals surface area contributed by atoms with E-state index in [1.807, 2.05) is 0 Å². The van der Waals surface area contributed by atoms with Crippen molar-refractivity contribution in [3.05, 3.63) is 17.5 Å². The maximum Gasteiger partial charge on any atom is 0.354 e. The highest BCUT2D eigenvalue weighted by molar-refractivity contribution is 5.86. The van der Waals surface area contributed by atoms with Gasteiger partial charge in [0.15, 0.2) is 0 Å². The summed E-state index contributed by atoms with van der Waals surface area (Å²) in [5, 5.41) is 18.7. The average Bonchev–Trinajstić information content (AvgIpc) is 2.76. The standard InChI is InChI=1S/C12H20N4O2/c1-8-7-16(2)4-3-10(8)13-5-9-6-14-15-11(9)12(17)18/h6,8,10,13H,3-5,7H2,1-2H3,(H,14,15)(H,17,18). The largest absolute Gasteiger partial charge is 0.477 e. The number of carbonyl (C=O) groups is 1. The first kappa shape index (κ1) is 13.0. The van der Waals surface area contributed by atoms with Crippen LogP contribution in [0.25, 0.3) is 0 Å². The van der Waals surface area contributed by atoms with Crippen molar-refractivity contribution in [1.82, 2.24) is 20.4 Å². The Morgan fingerprint density at radius 3 is 3.17 bits per heavy atom. The normalized spacial score (nSPS) is 25.2. The van der Waals surface area contributed by atoms with Crippen LogP contribution >= 0.6 is 0 Å². The molecule has 2 unspecified atom stereocenters. The first-order chi connectivity index (χ1) is 8.58. The van der Waals surface area contributed by atoms with Crippen molar-refractivity contribution in [3.63, 3.8) is 0 Å². The fourth-order valence-corrected chi connectivity index (χ4v) is 2.53. The maximum atomic E-state index is 10.9. The highest BCUT2D eigenvalue weighted by Crippen LogP contribution is 2.16. The zero-order chi connectivity index (χ0) is 13.1. The number of nitrogens with zero attached hydrogens (tertiary/aromatic N) is 2. The van der Waals surface area contributed by atoms with Gasteiger partial charge < -0.3 is 15.3 Å². The molecule has 1 aromatic heterocycles. The van der Waals surface area contributed by atoms with Crippen LogP contribution in [0.1, 0.15) is 29.4 Å².